The molecule has 6 heteroatoms. The first-order valence-corrected chi connectivity index (χ1v) is 5.00. The van der Waals surface area contributed by atoms with Crippen molar-refractivity contribution < 1.29 is 9.53 Å². The third-order valence-electron chi connectivity index (χ3n) is 2.22. The Balaban J connectivity index is 2.10. The van der Waals surface area contributed by atoms with Crippen LogP contribution in [0.3, 0.4) is 0 Å². The lowest BCUT2D eigenvalue weighted by Crippen LogP contribution is -2.05. The monoisotopic (exact) mass is 232 g/mol. The maximum atomic E-state index is 11.2. The van der Waals surface area contributed by atoms with Crippen LogP contribution in [-0.4, -0.2) is 27.8 Å². The maximum Gasteiger partial charge on any atom is 0.339 e. The van der Waals surface area contributed by atoms with E-state index in [2.05, 4.69) is 14.8 Å². The van der Waals surface area contributed by atoms with Crippen molar-refractivity contribution in [2.45, 2.75) is 6.54 Å². The minimum Gasteiger partial charge on any atom is -0.465 e. The van der Waals surface area contributed by atoms with Crippen molar-refractivity contribution in [3.8, 4) is 0 Å². The molecule has 2 heterocycles. The van der Waals surface area contributed by atoms with Crippen LogP contribution in [0, 0.1) is 0 Å². The smallest absolute Gasteiger partial charge is 0.339 e. The average molecular weight is 232 g/mol. The van der Waals surface area contributed by atoms with Gasteiger partial charge in [0.25, 0.3) is 0 Å². The Morgan fingerprint density at radius 1 is 1.47 bits per heavy atom. The van der Waals surface area contributed by atoms with Crippen molar-refractivity contribution >= 4 is 11.7 Å². The lowest BCUT2D eigenvalue weighted by Gasteiger charge is -2.02. The lowest BCUT2D eigenvalue weighted by atomic mass is 10.2. The van der Waals surface area contributed by atoms with Crippen molar-refractivity contribution in [2.75, 3.05) is 12.8 Å². The summed E-state index contributed by atoms with van der Waals surface area (Å²) in [4.78, 5) is 15.3. The summed E-state index contributed by atoms with van der Waals surface area (Å²) >= 11 is 0. The molecule has 0 atom stereocenters. The SMILES string of the molecule is COC(=O)c1ccc(Cn2cc(N)cn2)nc1. The zero-order chi connectivity index (χ0) is 12.3. The highest BCUT2D eigenvalue weighted by Crippen LogP contribution is 2.05. The molecule has 0 saturated carbocycles. The third kappa shape index (κ3) is 2.60. The number of pyridine rings is 1. The largest absolute Gasteiger partial charge is 0.465 e. The molecule has 0 amide bonds. The summed E-state index contributed by atoms with van der Waals surface area (Å²) in [6, 6.07) is 3.42. The van der Waals surface area contributed by atoms with Crippen LogP contribution in [0.25, 0.3) is 0 Å². The van der Waals surface area contributed by atoms with Gasteiger partial charge in [-0.2, -0.15) is 5.10 Å². The van der Waals surface area contributed by atoms with Crippen LogP contribution in [0.4, 0.5) is 5.69 Å². The lowest BCUT2D eigenvalue weighted by molar-refractivity contribution is 0.0600. The van der Waals surface area contributed by atoms with E-state index < -0.39 is 5.97 Å². The number of methoxy groups -OCH3 is 1. The number of hydrogen-bond donors (Lipinski definition) is 1. The molecule has 0 spiro atoms. The number of ether oxygens (including phenoxy) is 1. The van der Waals surface area contributed by atoms with Gasteiger partial charge in [0.15, 0.2) is 0 Å². The number of esters is 1. The topological polar surface area (TPSA) is 83.0 Å². The molecule has 0 unspecified atom stereocenters. The molecule has 88 valence electrons. The van der Waals surface area contributed by atoms with Crippen molar-refractivity contribution in [2.24, 2.45) is 0 Å². The van der Waals surface area contributed by atoms with Crippen molar-refractivity contribution in [3.63, 3.8) is 0 Å². The second-order valence-corrected chi connectivity index (χ2v) is 3.50. The number of carbonyl (C=O) groups excluding carboxylic acids is 1. The fraction of sp³-hybridized carbons (Fsp3) is 0.182. The predicted molar refractivity (Wildman–Crippen MR) is 61.3 cm³/mol. The van der Waals surface area contributed by atoms with Gasteiger partial charge in [0, 0.05) is 12.4 Å². The van der Waals surface area contributed by atoms with Crippen LogP contribution in [0.2, 0.25) is 0 Å². The van der Waals surface area contributed by atoms with E-state index in [0.29, 0.717) is 17.8 Å². The van der Waals surface area contributed by atoms with Gasteiger partial charge in [0.2, 0.25) is 0 Å². The molecule has 0 aliphatic carbocycles. The fourth-order valence-corrected chi connectivity index (χ4v) is 1.39. The molecule has 0 radical (unpaired) electrons. The van der Waals surface area contributed by atoms with Gasteiger partial charge in [-0.15, -0.1) is 0 Å². The first kappa shape index (κ1) is 11.1. The standard InChI is InChI=1S/C11H12N4O2/c1-17-11(16)8-2-3-10(13-4-8)7-15-6-9(12)5-14-15/h2-6H,7,12H2,1H3. The number of nitrogen functional groups attached to an aromatic ring is 1. The number of aromatic nitrogens is 3. The summed E-state index contributed by atoms with van der Waals surface area (Å²) in [5.74, 6) is -0.396. The normalized spacial score (nSPS) is 10.2. The Kier molecular flexibility index (Phi) is 3.04. The summed E-state index contributed by atoms with van der Waals surface area (Å²) < 4.78 is 6.26. The van der Waals surface area contributed by atoms with Gasteiger partial charge in [-0.3, -0.25) is 9.67 Å². The molecule has 2 rings (SSSR count). The second kappa shape index (κ2) is 4.65. The van der Waals surface area contributed by atoms with Crippen molar-refractivity contribution in [3.05, 3.63) is 42.0 Å². The Labute approximate surface area is 98.0 Å². The van der Waals surface area contributed by atoms with Gasteiger partial charge in [0.1, 0.15) is 0 Å². The molecule has 0 fully saturated rings. The average Bonchev–Trinajstić information content (AvgIpc) is 2.75. The van der Waals surface area contributed by atoms with Gasteiger partial charge in [-0.1, -0.05) is 0 Å². The first-order chi connectivity index (χ1) is 8.19. The Morgan fingerprint density at radius 3 is 2.82 bits per heavy atom. The van der Waals surface area contributed by atoms with Gasteiger partial charge in [-0.25, -0.2) is 4.79 Å². The molecule has 0 saturated heterocycles. The summed E-state index contributed by atoms with van der Waals surface area (Å²) in [6.07, 6.45) is 4.77. The summed E-state index contributed by atoms with van der Waals surface area (Å²) in [5, 5.41) is 4.04. The molecule has 6 nitrogen and oxygen atoms in total. The summed E-state index contributed by atoms with van der Waals surface area (Å²) in [5.41, 5.74) is 7.38. The van der Waals surface area contributed by atoms with E-state index in [1.165, 1.54) is 13.3 Å². The van der Waals surface area contributed by atoms with Crippen LogP contribution in [0.5, 0.6) is 0 Å². The summed E-state index contributed by atoms with van der Waals surface area (Å²) in [6.45, 7) is 0.513. The Bertz CT molecular complexity index is 519. The van der Waals surface area contributed by atoms with Gasteiger partial charge in [-0.05, 0) is 12.1 Å². The molecule has 2 N–H and O–H groups in total. The predicted octanol–water partition coefficient (Wildman–Crippen LogP) is 0.695. The molecule has 17 heavy (non-hydrogen) atoms. The van der Waals surface area contributed by atoms with Crippen LogP contribution in [0.1, 0.15) is 16.1 Å². The number of rotatable bonds is 3. The van der Waals surface area contributed by atoms with E-state index in [1.807, 2.05) is 0 Å². The van der Waals surface area contributed by atoms with Crippen LogP contribution in [0.15, 0.2) is 30.7 Å². The number of nitrogens with zero attached hydrogens (tertiary/aromatic N) is 3. The Hall–Kier alpha value is -2.37. The molecule has 2 aromatic rings. The number of anilines is 1. The quantitative estimate of drug-likeness (QED) is 0.787. The Morgan fingerprint density at radius 2 is 2.29 bits per heavy atom. The highest BCUT2D eigenvalue weighted by atomic mass is 16.5. The third-order valence-corrected chi connectivity index (χ3v) is 2.22. The van der Waals surface area contributed by atoms with Gasteiger partial charge in [0.05, 0.1) is 36.8 Å². The number of hydrogen-bond acceptors (Lipinski definition) is 5. The van der Waals surface area contributed by atoms with E-state index >= 15 is 0 Å². The highest BCUT2D eigenvalue weighted by Gasteiger charge is 2.05. The summed E-state index contributed by atoms with van der Waals surface area (Å²) in [7, 11) is 1.34. The number of nitrogens with two attached hydrogens (primary N) is 1. The van der Waals surface area contributed by atoms with Crippen LogP contribution in [-0.2, 0) is 11.3 Å². The van der Waals surface area contributed by atoms with E-state index in [-0.39, 0.29) is 0 Å². The zero-order valence-corrected chi connectivity index (χ0v) is 9.33. The van der Waals surface area contributed by atoms with E-state index in [9.17, 15) is 4.79 Å². The van der Waals surface area contributed by atoms with Crippen molar-refractivity contribution in [1.82, 2.24) is 14.8 Å². The van der Waals surface area contributed by atoms with Gasteiger partial charge < -0.3 is 10.5 Å². The van der Waals surface area contributed by atoms with E-state index in [0.717, 1.165) is 5.69 Å². The molecule has 0 aliphatic rings. The maximum absolute atomic E-state index is 11.2. The zero-order valence-electron chi connectivity index (χ0n) is 9.33. The first-order valence-electron chi connectivity index (χ1n) is 5.00. The number of carbonyl (C=O) groups is 1. The minimum atomic E-state index is -0.396. The van der Waals surface area contributed by atoms with E-state index in [4.69, 9.17) is 5.73 Å². The van der Waals surface area contributed by atoms with E-state index in [1.54, 1.807) is 29.2 Å². The molecule has 0 aliphatic heterocycles. The fourth-order valence-electron chi connectivity index (χ4n) is 1.39. The molecule has 2 aromatic heterocycles. The van der Waals surface area contributed by atoms with Crippen LogP contribution < -0.4 is 5.73 Å². The molecule has 0 aromatic carbocycles. The van der Waals surface area contributed by atoms with Crippen LogP contribution >= 0.6 is 0 Å². The molecular formula is C11H12N4O2. The van der Waals surface area contributed by atoms with Gasteiger partial charge >= 0.3 is 5.97 Å². The highest BCUT2D eigenvalue weighted by molar-refractivity contribution is 5.88. The van der Waals surface area contributed by atoms with Crippen molar-refractivity contribution in [1.29, 1.82) is 0 Å². The molecular weight excluding hydrogens is 220 g/mol. The second-order valence-electron chi connectivity index (χ2n) is 3.50. The molecule has 0 bridgehead atoms. The minimum absolute atomic E-state index is 0.396.